The molecule has 0 fully saturated rings. The number of para-hydroxylation sites is 1. The molecule has 138 valence electrons. The van der Waals surface area contributed by atoms with E-state index in [1.807, 2.05) is 39.2 Å². The summed E-state index contributed by atoms with van der Waals surface area (Å²) in [5, 5.41) is 6.51. The van der Waals surface area contributed by atoms with Gasteiger partial charge in [-0.15, -0.1) is 24.0 Å². The molecule has 0 atom stereocenters. The van der Waals surface area contributed by atoms with Gasteiger partial charge in [-0.2, -0.15) is 0 Å². The van der Waals surface area contributed by atoms with Gasteiger partial charge in [-0.05, 0) is 27.1 Å². The number of hydrogen-bond donors (Lipinski definition) is 2. The smallest absolute Gasteiger partial charge is 0.191 e. The zero-order valence-electron chi connectivity index (χ0n) is 15.2. The average Bonchev–Trinajstić information content (AvgIpc) is 2.55. The molecule has 1 rings (SSSR count). The molecular formula is C17H31IN4O2. The van der Waals surface area contributed by atoms with Gasteiger partial charge in [0.25, 0.3) is 0 Å². The van der Waals surface area contributed by atoms with E-state index in [9.17, 15) is 0 Å². The Morgan fingerprint density at radius 2 is 1.92 bits per heavy atom. The highest BCUT2D eigenvalue weighted by Gasteiger charge is 2.04. The van der Waals surface area contributed by atoms with E-state index >= 15 is 0 Å². The van der Waals surface area contributed by atoms with Crippen molar-refractivity contribution in [2.75, 3.05) is 54.1 Å². The second-order valence-corrected chi connectivity index (χ2v) is 5.31. The van der Waals surface area contributed by atoms with Crippen LogP contribution in [0.3, 0.4) is 0 Å². The fourth-order valence-corrected chi connectivity index (χ4v) is 1.91. The number of halogens is 1. The standard InChI is InChI=1S/C17H30N4O2.HI/c1-5-22-12-10-19-17(18-2)20-14-15-8-6-7-9-16(15)23-13-11-21(3)4;/h6-9H,5,10-14H2,1-4H3,(H2,18,19,20);1H. The largest absolute Gasteiger partial charge is 0.492 e. The Bertz CT molecular complexity index is 470. The van der Waals surface area contributed by atoms with E-state index in [-0.39, 0.29) is 24.0 Å². The zero-order chi connectivity index (χ0) is 16.9. The van der Waals surface area contributed by atoms with Crippen LogP contribution in [0.15, 0.2) is 29.3 Å². The van der Waals surface area contributed by atoms with E-state index < -0.39 is 0 Å². The maximum Gasteiger partial charge on any atom is 0.191 e. The summed E-state index contributed by atoms with van der Waals surface area (Å²) in [5.74, 6) is 1.67. The minimum absolute atomic E-state index is 0. The van der Waals surface area contributed by atoms with Crippen LogP contribution < -0.4 is 15.4 Å². The van der Waals surface area contributed by atoms with Crippen LogP contribution in [-0.2, 0) is 11.3 Å². The van der Waals surface area contributed by atoms with Crippen molar-refractivity contribution in [1.82, 2.24) is 15.5 Å². The van der Waals surface area contributed by atoms with E-state index in [1.54, 1.807) is 7.05 Å². The molecule has 0 aromatic heterocycles. The lowest BCUT2D eigenvalue weighted by molar-refractivity contribution is 0.152. The molecule has 0 aliphatic rings. The van der Waals surface area contributed by atoms with Gasteiger partial charge in [-0.3, -0.25) is 4.99 Å². The number of likely N-dealkylation sites (N-methyl/N-ethyl adjacent to an activating group) is 1. The summed E-state index contributed by atoms with van der Waals surface area (Å²) in [6.07, 6.45) is 0. The lowest BCUT2D eigenvalue weighted by Gasteiger charge is -2.16. The first kappa shape index (κ1) is 22.9. The normalized spacial score (nSPS) is 11.1. The highest BCUT2D eigenvalue weighted by Crippen LogP contribution is 2.17. The molecule has 0 radical (unpaired) electrons. The van der Waals surface area contributed by atoms with Gasteiger partial charge in [0, 0.05) is 38.9 Å². The maximum absolute atomic E-state index is 5.87. The molecule has 0 unspecified atom stereocenters. The number of rotatable bonds is 10. The number of aliphatic imine (C=N–C) groups is 1. The van der Waals surface area contributed by atoms with Crippen LogP contribution in [0.1, 0.15) is 12.5 Å². The molecule has 2 N–H and O–H groups in total. The summed E-state index contributed by atoms with van der Waals surface area (Å²) in [6, 6.07) is 8.06. The maximum atomic E-state index is 5.87. The topological polar surface area (TPSA) is 58.1 Å². The minimum Gasteiger partial charge on any atom is -0.492 e. The van der Waals surface area contributed by atoms with Gasteiger partial charge in [0.1, 0.15) is 12.4 Å². The van der Waals surface area contributed by atoms with E-state index in [2.05, 4.69) is 26.6 Å². The van der Waals surface area contributed by atoms with Gasteiger partial charge in [0.15, 0.2) is 5.96 Å². The van der Waals surface area contributed by atoms with Gasteiger partial charge in [-0.1, -0.05) is 18.2 Å². The Morgan fingerprint density at radius 1 is 1.17 bits per heavy atom. The number of guanidine groups is 1. The summed E-state index contributed by atoms with van der Waals surface area (Å²) < 4.78 is 11.2. The predicted octanol–water partition coefficient (Wildman–Crippen LogP) is 1.95. The van der Waals surface area contributed by atoms with Crippen molar-refractivity contribution >= 4 is 29.9 Å². The van der Waals surface area contributed by atoms with Gasteiger partial charge in [0.2, 0.25) is 0 Å². The van der Waals surface area contributed by atoms with Crippen molar-refractivity contribution in [3.8, 4) is 5.75 Å². The third kappa shape index (κ3) is 9.94. The Balaban J connectivity index is 0.00000529. The molecule has 0 saturated carbocycles. The van der Waals surface area contributed by atoms with E-state index in [0.29, 0.717) is 19.8 Å². The fraction of sp³-hybridized carbons (Fsp3) is 0.588. The van der Waals surface area contributed by atoms with Crippen molar-refractivity contribution in [1.29, 1.82) is 0 Å². The molecule has 0 heterocycles. The van der Waals surface area contributed by atoms with Crippen molar-refractivity contribution in [3.63, 3.8) is 0 Å². The molecule has 24 heavy (non-hydrogen) atoms. The summed E-state index contributed by atoms with van der Waals surface area (Å²) >= 11 is 0. The highest BCUT2D eigenvalue weighted by atomic mass is 127. The van der Waals surface area contributed by atoms with Crippen LogP contribution in [0.25, 0.3) is 0 Å². The number of nitrogens with zero attached hydrogens (tertiary/aromatic N) is 2. The summed E-state index contributed by atoms with van der Waals surface area (Å²) in [4.78, 5) is 6.31. The molecule has 0 spiro atoms. The number of nitrogens with one attached hydrogen (secondary N) is 2. The molecule has 0 bridgehead atoms. The first-order chi connectivity index (χ1) is 11.2. The van der Waals surface area contributed by atoms with Crippen molar-refractivity contribution in [2.24, 2.45) is 4.99 Å². The van der Waals surface area contributed by atoms with Crippen LogP contribution in [0.4, 0.5) is 0 Å². The fourth-order valence-electron chi connectivity index (χ4n) is 1.91. The summed E-state index contributed by atoms with van der Waals surface area (Å²) in [7, 11) is 5.83. The first-order valence-electron chi connectivity index (χ1n) is 8.05. The molecule has 0 saturated heterocycles. The van der Waals surface area contributed by atoms with Crippen LogP contribution in [-0.4, -0.2) is 64.9 Å². The molecule has 0 aliphatic carbocycles. The first-order valence-corrected chi connectivity index (χ1v) is 8.05. The van der Waals surface area contributed by atoms with Crippen molar-refractivity contribution in [3.05, 3.63) is 29.8 Å². The minimum atomic E-state index is 0. The van der Waals surface area contributed by atoms with Crippen LogP contribution in [0.2, 0.25) is 0 Å². The number of ether oxygens (including phenoxy) is 2. The third-order valence-corrected chi connectivity index (χ3v) is 3.18. The van der Waals surface area contributed by atoms with Crippen LogP contribution in [0, 0.1) is 0 Å². The monoisotopic (exact) mass is 450 g/mol. The second kappa shape index (κ2) is 14.3. The third-order valence-electron chi connectivity index (χ3n) is 3.18. The Morgan fingerprint density at radius 3 is 2.58 bits per heavy atom. The quantitative estimate of drug-likeness (QED) is 0.247. The van der Waals surface area contributed by atoms with Crippen molar-refractivity contribution < 1.29 is 9.47 Å². The zero-order valence-corrected chi connectivity index (χ0v) is 17.5. The van der Waals surface area contributed by atoms with Gasteiger partial charge < -0.3 is 25.0 Å². The van der Waals surface area contributed by atoms with Crippen LogP contribution >= 0.6 is 24.0 Å². The highest BCUT2D eigenvalue weighted by molar-refractivity contribution is 14.0. The molecule has 1 aromatic carbocycles. The Labute approximate surface area is 163 Å². The van der Waals surface area contributed by atoms with Gasteiger partial charge in [-0.25, -0.2) is 0 Å². The molecular weight excluding hydrogens is 419 g/mol. The summed E-state index contributed by atoms with van der Waals surface area (Å²) in [5.41, 5.74) is 1.11. The van der Waals surface area contributed by atoms with E-state index in [4.69, 9.17) is 9.47 Å². The predicted molar refractivity (Wildman–Crippen MR) is 111 cm³/mol. The molecule has 1 aromatic rings. The average molecular weight is 450 g/mol. The Hall–Kier alpha value is -1.06. The van der Waals surface area contributed by atoms with Crippen molar-refractivity contribution in [2.45, 2.75) is 13.5 Å². The van der Waals surface area contributed by atoms with Gasteiger partial charge >= 0.3 is 0 Å². The second-order valence-electron chi connectivity index (χ2n) is 5.31. The number of hydrogen-bond acceptors (Lipinski definition) is 4. The Kier molecular flexibility index (Phi) is 13.7. The molecule has 0 aliphatic heterocycles. The SMILES string of the molecule is CCOCCNC(=NC)NCc1ccccc1OCCN(C)C.I. The number of benzene rings is 1. The lowest BCUT2D eigenvalue weighted by atomic mass is 10.2. The summed E-state index contributed by atoms with van der Waals surface area (Å²) in [6.45, 7) is 6.34. The van der Waals surface area contributed by atoms with E-state index in [0.717, 1.165) is 37.0 Å². The lowest BCUT2D eigenvalue weighted by Crippen LogP contribution is -2.38. The molecule has 0 amide bonds. The van der Waals surface area contributed by atoms with Gasteiger partial charge in [0.05, 0.1) is 6.61 Å². The molecule has 7 heteroatoms. The van der Waals surface area contributed by atoms with E-state index in [1.165, 1.54) is 0 Å². The van der Waals surface area contributed by atoms with Crippen LogP contribution in [0.5, 0.6) is 5.75 Å². The molecule has 6 nitrogen and oxygen atoms in total.